The van der Waals surface area contributed by atoms with Crippen LogP contribution in [0.5, 0.6) is 0 Å². The zero-order valence-corrected chi connectivity index (χ0v) is 15.0. The summed E-state index contributed by atoms with van der Waals surface area (Å²) in [6, 6.07) is 11.5. The van der Waals surface area contributed by atoms with Crippen LogP contribution in [0.15, 0.2) is 53.6 Å². The number of benzene rings is 3. The van der Waals surface area contributed by atoms with Crippen LogP contribution in [0.2, 0.25) is 0 Å². The van der Waals surface area contributed by atoms with Crippen LogP contribution in [0.4, 0.5) is 10.1 Å². The van der Waals surface area contributed by atoms with E-state index in [0.717, 1.165) is 21.7 Å². The molecule has 0 bridgehead atoms. The van der Waals surface area contributed by atoms with E-state index >= 15 is 0 Å². The number of H-pyrrole nitrogens is 1. The van der Waals surface area contributed by atoms with E-state index in [9.17, 15) is 12.8 Å². The highest BCUT2D eigenvalue weighted by atomic mass is 32.2. The molecule has 0 saturated heterocycles. The molecule has 0 saturated carbocycles. The van der Waals surface area contributed by atoms with Gasteiger partial charge >= 0.3 is 0 Å². The van der Waals surface area contributed by atoms with Crippen molar-refractivity contribution in [2.24, 2.45) is 0 Å². The number of hydrogen-bond acceptors (Lipinski definition) is 4. The van der Waals surface area contributed by atoms with E-state index in [-0.39, 0.29) is 10.7 Å². The highest BCUT2D eigenvalue weighted by molar-refractivity contribution is 7.91. The summed E-state index contributed by atoms with van der Waals surface area (Å²) in [7, 11) is -1.87. The lowest BCUT2D eigenvalue weighted by molar-refractivity contribution is 0.602. The third-order valence-electron chi connectivity index (χ3n) is 4.42. The maximum atomic E-state index is 13.4. The number of aromatic amines is 1. The molecule has 1 aromatic heterocycles. The second-order valence-corrected chi connectivity index (χ2v) is 8.14. The summed E-state index contributed by atoms with van der Waals surface area (Å²) in [6.45, 7) is 0. The molecule has 1 heterocycles. The van der Waals surface area contributed by atoms with E-state index < -0.39 is 9.84 Å². The van der Waals surface area contributed by atoms with Gasteiger partial charge in [0, 0.05) is 24.3 Å². The Kier molecular flexibility index (Phi) is 3.69. The van der Waals surface area contributed by atoms with Crippen molar-refractivity contribution in [2.45, 2.75) is 4.90 Å². The molecule has 0 amide bonds. The first-order valence-corrected chi connectivity index (χ1v) is 9.85. The molecule has 4 aromatic rings. The van der Waals surface area contributed by atoms with Crippen LogP contribution in [-0.4, -0.2) is 31.9 Å². The molecule has 0 unspecified atom stereocenters. The molecule has 4 rings (SSSR count). The van der Waals surface area contributed by atoms with Gasteiger partial charge in [0.1, 0.15) is 5.82 Å². The van der Waals surface area contributed by atoms with Gasteiger partial charge in [0.2, 0.25) is 0 Å². The molecule has 0 radical (unpaired) electrons. The molecule has 0 atom stereocenters. The molecule has 5 nitrogen and oxygen atoms in total. The zero-order chi connectivity index (χ0) is 18.5. The predicted octanol–water partition coefficient (Wildman–Crippen LogP) is 3.97. The molecule has 0 fully saturated rings. The zero-order valence-electron chi connectivity index (χ0n) is 14.2. The van der Waals surface area contributed by atoms with E-state index in [0.29, 0.717) is 16.8 Å². The summed E-state index contributed by atoms with van der Waals surface area (Å²) in [6.07, 6.45) is 2.87. The maximum absolute atomic E-state index is 13.4. The quantitative estimate of drug-likeness (QED) is 0.573. The van der Waals surface area contributed by atoms with Gasteiger partial charge in [0.15, 0.2) is 9.84 Å². The van der Waals surface area contributed by atoms with Crippen molar-refractivity contribution in [2.75, 3.05) is 18.6 Å². The average Bonchev–Trinajstić information content (AvgIpc) is 3.05. The predicted molar refractivity (Wildman–Crippen MR) is 102 cm³/mol. The highest BCUT2D eigenvalue weighted by Crippen LogP contribution is 2.41. The number of anilines is 1. The van der Waals surface area contributed by atoms with Gasteiger partial charge in [-0.15, -0.1) is 0 Å². The minimum Gasteiger partial charge on any atom is -0.387 e. The second kappa shape index (κ2) is 5.81. The number of fused-ring (bicyclic) bond motifs is 2. The van der Waals surface area contributed by atoms with Crippen LogP contribution < -0.4 is 5.32 Å². The Balaban J connectivity index is 2.23. The first-order valence-electron chi connectivity index (χ1n) is 7.96. The molecule has 3 aromatic carbocycles. The Morgan fingerprint density at radius 3 is 2.46 bits per heavy atom. The van der Waals surface area contributed by atoms with Gasteiger partial charge in [-0.2, -0.15) is 5.10 Å². The van der Waals surface area contributed by atoms with Crippen LogP contribution in [0.1, 0.15) is 0 Å². The number of halogens is 1. The number of rotatable bonds is 3. The van der Waals surface area contributed by atoms with E-state index in [1.165, 1.54) is 18.4 Å². The number of sulfone groups is 1. The maximum Gasteiger partial charge on any atom is 0.178 e. The Bertz CT molecular complexity index is 1250. The second-order valence-electron chi connectivity index (χ2n) is 6.19. The third-order valence-corrected chi connectivity index (χ3v) is 5.59. The summed E-state index contributed by atoms with van der Waals surface area (Å²) < 4.78 is 38.6. The Hall–Kier alpha value is -2.93. The third kappa shape index (κ3) is 2.61. The summed E-state index contributed by atoms with van der Waals surface area (Å²) in [4.78, 5) is 0.196. The number of nitrogens with one attached hydrogen (secondary N) is 2. The normalized spacial score (nSPS) is 12.0. The van der Waals surface area contributed by atoms with Gasteiger partial charge in [-0.3, -0.25) is 5.10 Å². The van der Waals surface area contributed by atoms with Crippen molar-refractivity contribution >= 4 is 37.2 Å². The molecular weight excluding hydrogens is 353 g/mol. The van der Waals surface area contributed by atoms with Gasteiger partial charge in [0.05, 0.1) is 22.3 Å². The monoisotopic (exact) mass is 369 g/mol. The van der Waals surface area contributed by atoms with Crippen molar-refractivity contribution in [1.29, 1.82) is 0 Å². The molecule has 132 valence electrons. The van der Waals surface area contributed by atoms with Gasteiger partial charge < -0.3 is 5.32 Å². The molecule has 0 aliphatic rings. The Labute approximate surface area is 149 Å². The summed E-state index contributed by atoms with van der Waals surface area (Å²) in [5.74, 6) is -0.374. The Morgan fingerprint density at radius 2 is 1.81 bits per heavy atom. The SMILES string of the molecule is CNc1cc2cc3[nH]ncc3cc2c(-c2ccc(F)cc2)c1S(C)(=O)=O. The van der Waals surface area contributed by atoms with Crippen molar-refractivity contribution in [3.63, 3.8) is 0 Å². The number of aromatic nitrogens is 2. The van der Waals surface area contributed by atoms with Crippen molar-refractivity contribution < 1.29 is 12.8 Å². The van der Waals surface area contributed by atoms with Crippen molar-refractivity contribution in [1.82, 2.24) is 10.2 Å². The topological polar surface area (TPSA) is 74.8 Å². The summed E-state index contributed by atoms with van der Waals surface area (Å²) >= 11 is 0. The van der Waals surface area contributed by atoms with Gasteiger partial charge in [0.25, 0.3) is 0 Å². The molecule has 26 heavy (non-hydrogen) atoms. The molecule has 0 spiro atoms. The van der Waals surface area contributed by atoms with Gasteiger partial charge in [-0.25, -0.2) is 12.8 Å². The van der Waals surface area contributed by atoms with Crippen LogP contribution in [0.25, 0.3) is 32.8 Å². The van der Waals surface area contributed by atoms with E-state index in [4.69, 9.17) is 0 Å². The lowest BCUT2D eigenvalue weighted by Crippen LogP contribution is -2.06. The molecule has 7 heteroatoms. The van der Waals surface area contributed by atoms with Crippen LogP contribution in [-0.2, 0) is 9.84 Å². The molecule has 2 N–H and O–H groups in total. The summed E-state index contributed by atoms with van der Waals surface area (Å²) in [5, 5.41) is 12.4. The van der Waals surface area contributed by atoms with Gasteiger partial charge in [-0.05, 0) is 46.7 Å². The standard InChI is InChI=1S/C19H16FN3O2S/c1-21-17-9-12-8-16-13(10-22-23-16)7-15(12)18(19(17)26(2,24)25)11-3-5-14(20)6-4-11/h3-10,21H,1-2H3,(H,22,23). The molecule has 0 aliphatic heterocycles. The first kappa shape index (κ1) is 16.5. The number of hydrogen-bond donors (Lipinski definition) is 2. The highest BCUT2D eigenvalue weighted by Gasteiger charge is 2.23. The Morgan fingerprint density at radius 1 is 1.08 bits per heavy atom. The van der Waals surface area contributed by atoms with Gasteiger partial charge in [-0.1, -0.05) is 12.1 Å². The minimum atomic E-state index is -3.55. The van der Waals surface area contributed by atoms with Crippen LogP contribution in [0.3, 0.4) is 0 Å². The lowest BCUT2D eigenvalue weighted by Gasteiger charge is -2.17. The van der Waals surface area contributed by atoms with Crippen molar-refractivity contribution in [3.8, 4) is 11.1 Å². The van der Waals surface area contributed by atoms with E-state index in [1.807, 2.05) is 12.1 Å². The fourth-order valence-electron chi connectivity index (χ4n) is 3.30. The molecular formula is C19H16FN3O2S. The fraction of sp³-hybridized carbons (Fsp3) is 0.105. The van der Waals surface area contributed by atoms with E-state index in [1.54, 1.807) is 31.4 Å². The largest absolute Gasteiger partial charge is 0.387 e. The minimum absolute atomic E-state index is 0.196. The van der Waals surface area contributed by atoms with Crippen LogP contribution in [0, 0.1) is 5.82 Å². The smallest absolute Gasteiger partial charge is 0.178 e. The summed E-state index contributed by atoms with van der Waals surface area (Å²) in [5.41, 5.74) is 2.55. The fourth-order valence-corrected chi connectivity index (χ4v) is 4.46. The van der Waals surface area contributed by atoms with E-state index in [2.05, 4.69) is 15.5 Å². The van der Waals surface area contributed by atoms with Crippen molar-refractivity contribution in [3.05, 3.63) is 54.5 Å². The number of nitrogens with zero attached hydrogens (tertiary/aromatic N) is 1. The average molecular weight is 369 g/mol. The van der Waals surface area contributed by atoms with Crippen LogP contribution >= 0.6 is 0 Å². The first-order chi connectivity index (χ1) is 12.4. The lowest BCUT2D eigenvalue weighted by atomic mass is 9.96. The molecule has 0 aliphatic carbocycles.